The van der Waals surface area contributed by atoms with Gasteiger partial charge in [-0.1, -0.05) is 383 Å². The van der Waals surface area contributed by atoms with Gasteiger partial charge in [-0.15, -0.1) is 0 Å². The number of aliphatic hydroxyl groups is 1. The molecule has 3 unspecified atom stereocenters. The molecular weight excluding hydrogens is 1130 g/mol. The summed E-state index contributed by atoms with van der Waals surface area (Å²) in [5, 5.41) is 14.0. The number of rotatable bonds is 74. The molecule has 0 bridgehead atoms. The normalized spacial score (nSPS) is 13.8. The summed E-state index contributed by atoms with van der Waals surface area (Å²) >= 11 is 0. The first-order valence-electron chi connectivity index (χ1n) is 39.7. The van der Waals surface area contributed by atoms with Gasteiger partial charge in [0.1, 0.15) is 13.2 Å². The SMILES string of the molecule is CCCCCCC/C=C\C/C=C\C/C=C\CCCCCCCCCCCCCCCCCCCCCCCCCCCCC(=O)NC(COP(=O)(O)OCC[N+](C)(C)C)C(O)/C=C/CC/C=C/CCCCCCCCCCCCCCCCCCCCCCC. The number of phosphoric ester groups is 1. The standard InChI is InChI=1S/C81H155N2O6P/c1-6-8-10-12-14-16-18-20-22-24-26-28-30-32-34-35-36-37-38-39-40-41-42-43-44-45-46-47-49-51-53-55-57-59-61-63-65-67-69-71-73-75-81(85)82-79(78-89-90(86,87)88-77-76-83(3,4)5)80(84)74-72-70-68-66-64-62-60-58-56-54-52-50-48-33-31-29-27-25-23-21-19-17-15-13-11-9-7-2/h18,20,24,26,30,32,64,66,72,74,79-80,84H,6-17,19,21-23,25,27-29,31,33-63,65,67-71,73,75-78H2,1-5H3,(H-,82,85,86,87)/p+1/b20-18-,26-24-,32-30-,66-64+,74-72+. The number of allylic oxidation sites excluding steroid dienone is 9. The number of carbonyl (C=O) groups is 1. The van der Waals surface area contributed by atoms with Crippen molar-refractivity contribution >= 4 is 13.7 Å². The minimum absolute atomic E-state index is 0.0574. The molecule has 9 heteroatoms. The fourth-order valence-corrected chi connectivity index (χ4v) is 12.8. The summed E-state index contributed by atoms with van der Waals surface area (Å²) in [6, 6.07) is -0.865. The number of likely N-dealkylation sites (N-methyl/N-ethyl adjacent to an activating group) is 1. The van der Waals surface area contributed by atoms with Crippen LogP contribution in [0.15, 0.2) is 60.8 Å². The van der Waals surface area contributed by atoms with E-state index < -0.39 is 20.0 Å². The lowest BCUT2D eigenvalue weighted by molar-refractivity contribution is -0.870. The Hall–Kier alpha value is -1.80. The van der Waals surface area contributed by atoms with Crippen LogP contribution in [0.5, 0.6) is 0 Å². The van der Waals surface area contributed by atoms with E-state index in [2.05, 4.69) is 67.8 Å². The average molecular weight is 1290 g/mol. The number of quaternary nitrogens is 1. The molecule has 3 N–H and O–H groups in total. The van der Waals surface area contributed by atoms with Crippen LogP contribution < -0.4 is 5.32 Å². The van der Waals surface area contributed by atoms with Crippen LogP contribution in [0, 0.1) is 0 Å². The maximum Gasteiger partial charge on any atom is 0.472 e. The van der Waals surface area contributed by atoms with Crippen LogP contribution >= 0.6 is 7.82 Å². The molecule has 0 saturated heterocycles. The third-order valence-electron chi connectivity index (χ3n) is 18.2. The van der Waals surface area contributed by atoms with E-state index in [0.717, 1.165) is 51.4 Å². The van der Waals surface area contributed by atoms with Crippen molar-refractivity contribution in [3.63, 3.8) is 0 Å². The fourth-order valence-electron chi connectivity index (χ4n) is 12.1. The van der Waals surface area contributed by atoms with Crippen LogP contribution in [0.2, 0.25) is 0 Å². The van der Waals surface area contributed by atoms with Crippen molar-refractivity contribution < 1.29 is 32.9 Å². The van der Waals surface area contributed by atoms with Crippen LogP contribution in [-0.2, 0) is 18.4 Å². The van der Waals surface area contributed by atoms with Gasteiger partial charge in [-0.05, 0) is 70.6 Å². The summed E-state index contributed by atoms with van der Waals surface area (Å²) in [4.78, 5) is 23.5. The second kappa shape index (κ2) is 71.5. The highest BCUT2D eigenvalue weighted by molar-refractivity contribution is 7.47. The minimum atomic E-state index is -4.36. The molecule has 0 rings (SSSR count). The third kappa shape index (κ3) is 73.6. The molecule has 0 aromatic carbocycles. The van der Waals surface area contributed by atoms with Gasteiger partial charge in [0.05, 0.1) is 39.9 Å². The molecule has 0 aliphatic heterocycles. The first-order valence-corrected chi connectivity index (χ1v) is 41.2. The van der Waals surface area contributed by atoms with Gasteiger partial charge < -0.3 is 19.8 Å². The third-order valence-corrected chi connectivity index (χ3v) is 19.2. The van der Waals surface area contributed by atoms with Gasteiger partial charge in [0.15, 0.2) is 0 Å². The van der Waals surface area contributed by atoms with Crippen molar-refractivity contribution in [2.24, 2.45) is 0 Å². The lowest BCUT2D eigenvalue weighted by atomic mass is 10.0. The molecule has 0 aliphatic rings. The van der Waals surface area contributed by atoms with E-state index in [1.807, 2.05) is 27.2 Å². The van der Waals surface area contributed by atoms with Crippen LogP contribution in [-0.4, -0.2) is 73.4 Å². The zero-order chi connectivity index (χ0) is 65.5. The monoisotopic (exact) mass is 1280 g/mol. The van der Waals surface area contributed by atoms with Crippen molar-refractivity contribution in [2.45, 2.75) is 411 Å². The first kappa shape index (κ1) is 88.2. The summed E-state index contributed by atoms with van der Waals surface area (Å²) in [6.45, 7) is 4.84. The van der Waals surface area contributed by atoms with Gasteiger partial charge in [0.25, 0.3) is 0 Å². The minimum Gasteiger partial charge on any atom is -0.387 e. The number of aliphatic hydroxyl groups excluding tert-OH is 1. The average Bonchev–Trinajstić information content (AvgIpc) is 3.09. The molecule has 0 radical (unpaired) electrons. The Kier molecular flexibility index (Phi) is 70.1. The summed E-state index contributed by atoms with van der Waals surface area (Å²) in [5.41, 5.74) is 0. The molecule has 90 heavy (non-hydrogen) atoms. The smallest absolute Gasteiger partial charge is 0.387 e. The lowest BCUT2D eigenvalue weighted by Gasteiger charge is -2.25. The van der Waals surface area contributed by atoms with Crippen LogP contribution in [0.4, 0.5) is 0 Å². The van der Waals surface area contributed by atoms with Gasteiger partial charge in [-0.3, -0.25) is 13.8 Å². The van der Waals surface area contributed by atoms with Crippen LogP contribution in [0.25, 0.3) is 0 Å². The van der Waals surface area contributed by atoms with Crippen LogP contribution in [0.3, 0.4) is 0 Å². The van der Waals surface area contributed by atoms with Gasteiger partial charge >= 0.3 is 7.82 Å². The number of nitrogens with one attached hydrogen (secondary N) is 1. The number of amides is 1. The quantitative estimate of drug-likeness (QED) is 0.0243. The van der Waals surface area contributed by atoms with Gasteiger partial charge in [-0.25, -0.2) is 4.57 Å². The van der Waals surface area contributed by atoms with Gasteiger partial charge in [0.2, 0.25) is 5.91 Å². The Labute approximate surface area is 562 Å². The Morgan fingerprint density at radius 3 is 0.967 bits per heavy atom. The number of carbonyl (C=O) groups excluding carboxylic acids is 1. The van der Waals surface area contributed by atoms with Crippen molar-refractivity contribution in [3.8, 4) is 0 Å². The molecule has 0 heterocycles. The highest BCUT2D eigenvalue weighted by Crippen LogP contribution is 2.43. The van der Waals surface area contributed by atoms with Crippen molar-refractivity contribution in [2.75, 3.05) is 40.9 Å². The van der Waals surface area contributed by atoms with E-state index in [1.54, 1.807) is 6.08 Å². The molecule has 0 saturated carbocycles. The number of hydrogen-bond acceptors (Lipinski definition) is 5. The van der Waals surface area contributed by atoms with Crippen molar-refractivity contribution in [3.05, 3.63) is 60.8 Å². The lowest BCUT2D eigenvalue weighted by Crippen LogP contribution is -2.45. The topological polar surface area (TPSA) is 105 Å². The van der Waals surface area contributed by atoms with E-state index in [0.29, 0.717) is 17.4 Å². The van der Waals surface area contributed by atoms with Crippen molar-refractivity contribution in [1.82, 2.24) is 5.32 Å². The first-order chi connectivity index (χ1) is 44.0. The maximum absolute atomic E-state index is 13.1. The summed E-state index contributed by atoms with van der Waals surface area (Å²) in [7, 11) is 1.57. The van der Waals surface area contributed by atoms with E-state index in [-0.39, 0.29) is 19.1 Å². The molecule has 0 aliphatic carbocycles. The largest absolute Gasteiger partial charge is 0.472 e. The predicted octanol–water partition coefficient (Wildman–Crippen LogP) is 25.9. The Morgan fingerprint density at radius 2 is 0.644 bits per heavy atom. The van der Waals surface area contributed by atoms with E-state index in [4.69, 9.17) is 9.05 Å². The summed E-state index contributed by atoms with van der Waals surface area (Å²) < 4.78 is 23.9. The molecule has 1 amide bonds. The zero-order valence-electron chi connectivity index (χ0n) is 60.9. The molecule has 0 aromatic heterocycles. The van der Waals surface area contributed by atoms with E-state index in [9.17, 15) is 19.4 Å². The van der Waals surface area contributed by atoms with E-state index >= 15 is 0 Å². The predicted molar refractivity (Wildman–Crippen MR) is 397 cm³/mol. The fraction of sp³-hybridized carbons (Fsp3) is 0.864. The van der Waals surface area contributed by atoms with Gasteiger partial charge in [0, 0.05) is 6.42 Å². The number of phosphoric acid groups is 1. The summed E-state index contributed by atoms with van der Waals surface area (Å²) in [6.07, 6.45) is 99.9. The Morgan fingerprint density at radius 1 is 0.378 bits per heavy atom. The molecule has 530 valence electrons. The van der Waals surface area contributed by atoms with Crippen LogP contribution in [0.1, 0.15) is 399 Å². The molecule has 0 fully saturated rings. The number of unbranched alkanes of at least 4 members (excludes halogenated alkanes) is 53. The maximum atomic E-state index is 13.1. The zero-order valence-corrected chi connectivity index (χ0v) is 61.8. The highest BCUT2D eigenvalue weighted by Gasteiger charge is 2.28. The number of hydrogen-bond donors (Lipinski definition) is 3. The number of nitrogens with zero attached hydrogens (tertiary/aromatic N) is 1. The second-order valence-electron chi connectivity index (χ2n) is 28.4. The molecule has 0 aromatic rings. The second-order valence-corrected chi connectivity index (χ2v) is 29.9. The Bertz CT molecular complexity index is 1650. The highest BCUT2D eigenvalue weighted by atomic mass is 31.2. The molecule has 8 nitrogen and oxygen atoms in total. The van der Waals surface area contributed by atoms with Gasteiger partial charge in [-0.2, -0.15) is 0 Å². The molecular formula is C81H156N2O6P+. The van der Waals surface area contributed by atoms with E-state index in [1.165, 1.54) is 327 Å². The molecule has 3 atom stereocenters. The Balaban J connectivity index is 3.95. The summed E-state index contributed by atoms with van der Waals surface area (Å²) in [5.74, 6) is -0.179. The van der Waals surface area contributed by atoms with Crippen molar-refractivity contribution in [1.29, 1.82) is 0 Å². The molecule has 0 spiro atoms.